The number of ether oxygens (including phenoxy) is 2. The molecule has 1 heterocycles. The normalized spacial score (nSPS) is 23.7. The highest BCUT2D eigenvalue weighted by Gasteiger charge is 2.28. The van der Waals surface area contributed by atoms with Crippen molar-refractivity contribution < 1.29 is 14.3 Å². The minimum atomic E-state index is -0.428. The van der Waals surface area contributed by atoms with Gasteiger partial charge < -0.3 is 14.4 Å². The monoisotopic (exact) mass is 241 g/mol. The van der Waals surface area contributed by atoms with Crippen molar-refractivity contribution in [2.24, 2.45) is 5.92 Å². The molecule has 0 N–H and O–H groups in total. The van der Waals surface area contributed by atoms with Crippen molar-refractivity contribution in [2.45, 2.75) is 39.7 Å². The lowest BCUT2D eigenvalue weighted by molar-refractivity contribution is 0.0206. The summed E-state index contributed by atoms with van der Waals surface area (Å²) >= 11 is 0. The number of carbonyl (C=O) groups is 1. The Bertz CT molecular complexity index is 304. The van der Waals surface area contributed by atoms with Crippen molar-refractivity contribution >= 4 is 6.09 Å². The first-order chi connectivity index (χ1) is 7.83. The molecule has 0 aromatic carbocycles. The van der Waals surface area contributed by atoms with Crippen LogP contribution in [0.15, 0.2) is 11.8 Å². The van der Waals surface area contributed by atoms with Crippen LogP contribution in [0.5, 0.6) is 0 Å². The van der Waals surface area contributed by atoms with Crippen LogP contribution >= 0.6 is 0 Å². The summed E-state index contributed by atoms with van der Waals surface area (Å²) in [6.45, 7) is 9.15. The summed E-state index contributed by atoms with van der Waals surface area (Å²) in [5, 5.41) is 0. The number of piperidine rings is 1. The second kappa shape index (κ2) is 5.43. The Morgan fingerprint density at radius 1 is 1.47 bits per heavy atom. The highest BCUT2D eigenvalue weighted by molar-refractivity contribution is 5.68. The Kier molecular flexibility index (Phi) is 4.43. The van der Waals surface area contributed by atoms with E-state index in [0.717, 1.165) is 6.42 Å². The molecule has 1 aliphatic rings. The van der Waals surface area contributed by atoms with E-state index in [1.54, 1.807) is 18.3 Å². The molecular weight excluding hydrogens is 218 g/mol. The van der Waals surface area contributed by atoms with Gasteiger partial charge in [-0.15, -0.1) is 0 Å². The van der Waals surface area contributed by atoms with Gasteiger partial charge in [0.2, 0.25) is 0 Å². The average Bonchev–Trinajstić information content (AvgIpc) is 2.18. The zero-order chi connectivity index (χ0) is 13.1. The topological polar surface area (TPSA) is 38.8 Å². The van der Waals surface area contributed by atoms with Gasteiger partial charge in [-0.25, -0.2) is 4.79 Å². The van der Waals surface area contributed by atoms with Crippen molar-refractivity contribution in [3.63, 3.8) is 0 Å². The SMILES string of the molecule is COC=C1CCN(C(=O)OC(C)(C)C)CC1C. The number of methoxy groups -OCH3 is 1. The molecule has 1 unspecified atom stereocenters. The molecule has 1 amide bonds. The van der Waals surface area contributed by atoms with Gasteiger partial charge in [0.05, 0.1) is 13.4 Å². The quantitative estimate of drug-likeness (QED) is 0.663. The van der Waals surface area contributed by atoms with Crippen LogP contribution in [0.3, 0.4) is 0 Å². The van der Waals surface area contributed by atoms with Crippen molar-refractivity contribution in [1.29, 1.82) is 0 Å². The number of amides is 1. The third-order valence-corrected chi connectivity index (χ3v) is 2.72. The van der Waals surface area contributed by atoms with Gasteiger partial charge in [-0.1, -0.05) is 6.92 Å². The van der Waals surface area contributed by atoms with Crippen LogP contribution in [0.1, 0.15) is 34.1 Å². The predicted molar refractivity (Wildman–Crippen MR) is 66.7 cm³/mol. The lowest BCUT2D eigenvalue weighted by Gasteiger charge is -2.34. The smallest absolute Gasteiger partial charge is 0.410 e. The molecular formula is C13H23NO3. The van der Waals surface area contributed by atoms with Gasteiger partial charge in [-0.2, -0.15) is 0 Å². The van der Waals surface area contributed by atoms with Crippen LogP contribution < -0.4 is 0 Å². The van der Waals surface area contributed by atoms with E-state index in [-0.39, 0.29) is 6.09 Å². The molecule has 0 aromatic heterocycles. The van der Waals surface area contributed by atoms with E-state index in [9.17, 15) is 4.79 Å². The molecule has 0 saturated carbocycles. The molecule has 0 aromatic rings. The summed E-state index contributed by atoms with van der Waals surface area (Å²) in [5.41, 5.74) is 0.829. The van der Waals surface area contributed by atoms with Crippen LogP contribution in [-0.4, -0.2) is 36.8 Å². The van der Waals surface area contributed by atoms with E-state index in [1.807, 2.05) is 20.8 Å². The third kappa shape index (κ3) is 4.29. The number of hydrogen-bond donors (Lipinski definition) is 0. The first-order valence-electron chi connectivity index (χ1n) is 6.03. The lowest BCUT2D eigenvalue weighted by Crippen LogP contribution is -2.43. The lowest BCUT2D eigenvalue weighted by atomic mass is 9.95. The van der Waals surface area contributed by atoms with Crippen LogP contribution in [0.2, 0.25) is 0 Å². The Balaban J connectivity index is 2.55. The average molecular weight is 241 g/mol. The molecule has 1 aliphatic heterocycles. The van der Waals surface area contributed by atoms with Crippen molar-refractivity contribution in [2.75, 3.05) is 20.2 Å². The maximum Gasteiger partial charge on any atom is 0.410 e. The highest BCUT2D eigenvalue weighted by Crippen LogP contribution is 2.23. The van der Waals surface area contributed by atoms with Crippen LogP contribution in [0, 0.1) is 5.92 Å². The van der Waals surface area contributed by atoms with E-state index in [0.29, 0.717) is 19.0 Å². The molecule has 1 saturated heterocycles. The summed E-state index contributed by atoms with van der Waals surface area (Å²) in [4.78, 5) is 13.6. The second-order valence-corrected chi connectivity index (χ2v) is 5.51. The largest absolute Gasteiger partial charge is 0.504 e. The summed E-state index contributed by atoms with van der Waals surface area (Å²) in [7, 11) is 1.65. The van der Waals surface area contributed by atoms with E-state index in [1.165, 1.54) is 5.57 Å². The zero-order valence-corrected chi connectivity index (χ0v) is 11.4. The molecule has 1 fully saturated rings. The van der Waals surface area contributed by atoms with Crippen molar-refractivity contribution in [3.05, 3.63) is 11.8 Å². The predicted octanol–water partition coefficient (Wildman–Crippen LogP) is 2.79. The summed E-state index contributed by atoms with van der Waals surface area (Å²) in [6.07, 6.45) is 2.42. The van der Waals surface area contributed by atoms with E-state index in [2.05, 4.69) is 6.92 Å². The van der Waals surface area contributed by atoms with E-state index in [4.69, 9.17) is 9.47 Å². The molecule has 0 bridgehead atoms. The van der Waals surface area contributed by atoms with Gasteiger partial charge in [-0.3, -0.25) is 0 Å². The summed E-state index contributed by atoms with van der Waals surface area (Å²) in [5.74, 6) is 0.330. The fourth-order valence-corrected chi connectivity index (χ4v) is 1.87. The minimum absolute atomic E-state index is 0.221. The Labute approximate surface area is 104 Å². The Hall–Kier alpha value is -1.19. The molecule has 98 valence electrons. The molecule has 0 radical (unpaired) electrons. The number of carbonyl (C=O) groups excluding carboxylic acids is 1. The van der Waals surface area contributed by atoms with Crippen LogP contribution in [-0.2, 0) is 9.47 Å². The van der Waals surface area contributed by atoms with Crippen molar-refractivity contribution in [3.8, 4) is 0 Å². The summed E-state index contributed by atoms with van der Waals surface area (Å²) in [6, 6.07) is 0. The first-order valence-corrected chi connectivity index (χ1v) is 6.03. The number of nitrogens with zero attached hydrogens (tertiary/aromatic N) is 1. The minimum Gasteiger partial charge on any atom is -0.504 e. The van der Waals surface area contributed by atoms with Gasteiger partial charge in [-0.05, 0) is 38.7 Å². The molecule has 0 spiro atoms. The fraction of sp³-hybridized carbons (Fsp3) is 0.769. The maximum atomic E-state index is 11.9. The standard InChI is InChI=1S/C13H23NO3/c1-10-8-14(7-6-11(10)9-16-5)12(15)17-13(2,3)4/h9-10H,6-8H2,1-5H3. The Morgan fingerprint density at radius 2 is 2.12 bits per heavy atom. The summed E-state index contributed by atoms with van der Waals surface area (Å²) < 4.78 is 10.4. The van der Waals surface area contributed by atoms with Crippen LogP contribution in [0.4, 0.5) is 4.79 Å². The molecule has 4 nitrogen and oxygen atoms in total. The van der Waals surface area contributed by atoms with Crippen molar-refractivity contribution in [1.82, 2.24) is 4.90 Å². The number of hydrogen-bond acceptors (Lipinski definition) is 3. The fourth-order valence-electron chi connectivity index (χ4n) is 1.87. The van der Waals surface area contributed by atoms with Gasteiger partial charge in [0.15, 0.2) is 0 Å². The number of rotatable bonds is 1. The zero-order valence-electron chi connectivity index (χ0n) is 11.4. The van der Waals surface area contributed by atoms with E-state index < -0.39 is 5.60 Å². The van der Waals surface area contributed by atoms with Gasteiger partial charge in [0.25, 0.3) is 0 Å². The van der Waals surface area contributed by atoms with E-state index >= 15 is 0 Å². The molecule has 1 rings (SSSR count). The first kappa shape index (κ1) is 13.9. The molecule has 0 aliphatic carbocycles. The molecule has 17 heavy (non-hydrogen) atoms. The maximum absolute atomic E-state index is 11.9. The van der Waals surface area contributed by atoms with Gasteiger partial charge in [0, 0.05) is 13.1 Å². The van der Waals surface area contributed by atoms with Gasteiger partial charge >= 0.3 is 6.09 Å². The third-order valence-electron chi connectivity index (χ3n) is 2.72. The Morgan fingerprint density at radius 3 is 2.59 bits per heavy atom. The molecule has 1 atom stereocenters. The molecule has 4 heteroatoms. The van der Waals surface area contributed by atoms with Crippen LogP contribution in [0.25, 0.3) is 0 Å². The number of likely N-dealkylation sites (tertiary alicyclic amines) is 1. The second-order valence-electron chi connectivity index (χ2n) is 5.51. The highest BCUT2D eigenvalue weighted by atomic mass is 16.6. The van der Waals surface area contributed by atoms with Gasteiger partial charge in [0.1, 0.15) is 5.60 Å².